The average Bonchev–Trinajstić information content (AvgIpc) is 3.28. The molecule has 0 fully saturated rings. The number of likely N-dealkylation sites (N-methyl/N-ethyl adjacent to an activating group) is 1. The summed E-state index contributed by atoms with van der Waals surface area (Å²) in [7, 11) is 1.64. The number of carbonyl (C=O) groups excluding carboxylic acids is 3. The number of para-hydroxylation sites is 2. The van der Waals surface area contributed by atoms with Crippen LogP contribution in [0.25, 0.3) is 11.0 Å². The predicted octanol–water partition coefficient (Wildman–Crippen LogP) is 2.10. The molecule has 0 bridgehead atoms. The zero-order valence-electron chi connectivity index (χ0n) is 16.6. The third-order valence-corrected chi connectivity index (χ3v) is 6.83. The lowest BCUT2D eigenvalue weighted by Gasteiger charge is -2.27. The maximum Gasteiger partial charge on any atom is 0.257 e. The molecule has 4 heterocycles. The molecular formula is C21H21N5O3S. The Kier molecular flexibility index (Phi) is 4.54. The minimum atomic E-state index is -0.191. The van der Waals surface area contributed by atoms with Gasteiger partial charge in [-0.05, 0) is 24.1 Å². The predicted molar refractivity (Wildman–Crippen MR) is 113 cm³/mol. The van der Waals surface area contributed by atoms with Gasteiger partial charge < -0.3 is 19.7 Å². The zero-order chi connectivity index (χ0) is 20.8. The van der Waals surface area contributed by atoms with Crippen molar-refractivity contribution in [3.8, 4) is 0 Å². The lowest BCUT2D eigenvalue weighted by atomic mass is 10.0. The van der Waals surface area contributed by atoms with E-state index in [0.29, 0.717) is 43.0 Å². The molecule has 0 atom stereocenters. The molecular weight excluding hydrogens is 402 g/mol. The van der Waals surface area contributed by atoms with Crippen molar-refractivity contribution in [2.75, 3.05) is 25.5 Å². The number of fused-ring (bicyclic) bond motifs is 4. The van der Waals surface area contributed by atoms with Gasteiger partial charge in [-0.25, -0.2) is 4.98 Å². The van der Waals surface area contributed by atoms with Gasteiger partial charge in [0.05, 0.1) is 36.0 Å². The summed E-state index contributed by atoms with van der Waals surface area (Å²) in [5, 5.41) is 3.46. The van der Waals surface area contributed by atoms with Crippen LogP contribution in [0.4, 0.5) is 5.00 Å². The van der Waals surface area contributed by atoms with Crippen molar-refractivity contribution in [1.29, 1.82) is 0 Å². The Hall–Kier alpha value is -3.20. The Morgan fingerprint density at radius 3 is 2.93 bits per heavy atom. The first-order valence-electron chi connectivity index (χ1n) is 9.89. The Morgan fingerprint density at radius 2 is 2.07 bits per heavy atom. The van der Waals surface area contributed by atoms with Gasteiger partial charge in [0, 0.05) is 31.4 Å². The molecule has 0 saturated heterocycles. The second-order valence-corrected chi connectivity index (χ2v) is 8.76. The maximum absolute atomic E-state index is 12.9. The highest BCUT2D eigenvalue weighted by molar-refractivity contribution is 7.17. The number of nitrogens with zero attached hydrogens (tertiary/aromatic N) is 4. The van der Waals surface area contributed by atoms with Gasteiger partial charge >= 0.3 is 0 Å². The highest BCUT2D eigenvalue weighted by atomic mass is 32.1. The van der Waals surface area contributed by atoms with Crippen LogP contribution in [0.5, 0.6) is 0 Å². The van der Waals surface area contributed by atoms with E-state index in [9.17, 15) is 14.4 Å². The fourth-order valence-corrected chi connectivity index (χ4v) is 5.41. The Balaban J connectivity index is 1.31. The molecule has 0 aliphatic carbocycles. The second-order valence-electron chi connectivity index (χ2n) is 7.66. The summed E-state index contributed by atoms with van der Waals surface area (Å²) in [6.07, 6.45) is 2.78. The minimum absolute atomic E-state index is 0.0581. The van der Waals surface area contributed by atoms with Crippen LogP contribution in [0.1, 0.15) is 27.2 Å². The number of hydrogen-bond acceptors (Lipinski definition) is 5. The summed E-state index contributed by atoms with van der Waals surface area (Å²) in [6, 6.07) is 7.87. The molecule has 5 rings (SSSR count). The van der Waals surface area contributed by atoms with Crippen LogP contribution in [0.3, 0.4) is 0 Å². The van der Waals surface area contributed by atoms with Gasteiger partial charge in [0.15, 0.2) is 0 Å². The molecule has 3 amide bonds. The topological polar surface area (TPSA) is 87.5 Å². The van der Waals surface area contributed by atoms with Crippen LogP contribution in [0, 0.1) is 0 Å². The van der Waals surface area contributed by atoms with Crippen molar-refractivity contribution in [2.24, 2.45) is 0 Å². The maximum atomic E-state index is 12.9. The van der Waals surface area contributed by atoms with Gasteiger partial charge in [0.2, 0.25) is 11.8 Å². The van der Waals surface area contributed by atoms with Crippen molar-refractivity contribution < 1.29 is 14.4 Å². The molecule has 0 saturated carbocycles. The van der Waals surface area contributed by atoms with Gasteiger partial charge in [0.1, 0.15) is 5.00 Å². The molecule has 0 unspecified atom stereocenters. The number of nitrogens with one attached hydrogen (secondary N) is 1. The van der Waals surface area contributed by atoms with E-state index in [4.69, 9.17) is 0 Å². The molecule has 30 heavy (non-hydrogen) atoms. The highest BCUT2D eigenvalue weighted by Gasteiger charge is 2.33. The van der Waals surface area contributed by atoms with Crippen molar-refractivity contribution in [3.63, 3.8) is 0 Å². The third-order valence-electron chi connectivity index (χ3n) is 5.70. The molecule has 0 radical (unpaired) electrons. The Labute approximate surface area is 177 Å². The third kappa shape index (κ3) is 3.15. The van der Waals surface area contributed by atoms with E-state index < -0.39 is 0 Å². The smallest absolute Gasteiger partial charge is 0.257 e. The van der Waals surface area contributed by atoms with Crippen molar-refractivity contribution in [2.45, 2.75) is 25.9 Å². The molecule has 2 aliphatic rings. The van der Waals surface area contributed by atoms with E-state index >= 15 is 0 Å². The summed E-state index contributed by atoms with van der Waals surface area (Å²) >= 11 is 1.41. The van der Waals surface area contributed by atoms with Gasteiger partial charge in [-0.2, -0.15) is 0 Å². The number of rotatable bonds is 3. The molecule has 8 nitrogen and oxygen atoms in total. The minimum Gasteiger partial charge on any atom is -0.337 e. The number of imidazole rings is 1. The summed E-state index contributed by atoms with van der Waals surface area (Å²) < 4.78 is 2.00. The largest absolute Gasteiger partial charge is 0.337 e. The zero-order valence-corrected chi connectivity index (χ0v) is 17.4. The average molecular weight is 423 g/mol. The molecule has 9 heteroatoms. The van der Waals surface area contributed by atoms with E-state index in [1.54, 1.807) is 13.4 Å². The first-order chi connectivity index (χ1) is 14.5. The summed E-state index contributed by atoms with van der Waals surface area (Å²) in [6.45, 7) is 1.68. The molecule has 154 valence electrons. The number of benzene rings is 1. The van der Waals surface area contributed by atoms with Crippen LogP contribution < -0.4 is 5.32 Å². The lowest BCUT2D eigenvalue weighted by Crippen LogP contribution is -2.37. The van der Waals surface area contributed by atoms with Crippen LogP contribution in [0.15, 0.2) is 30.6 Å². The van der Waals surface area contributed by atoms with Crippen LogP contribution in [0.2, 0.25) is 0 Å². The molecule has 3 aromatic rings. The summed E-state index contributed by atoms with van der Waals surface area (Å²) in [5.74, 6) is -0.245. The SMILES string of the molecule is CN1CC(=O)Nc2sc3c(c2C1=O)CCN(C(=O)CCn1cnc2ccccc21)C3. The van der Waals surface area contributed by atoms with E-state index in [2.05, 4.69) is 10.3 Å². The number of carbonyl (C=O) groups is 3. The van der Waals surface area contributed by atoms with Crippen LogP contribution in [-0.4, -0.2) is 57.2 Å². The van der Waals surface area contributed by atoms with E-state index in [0.717, 1.165) is 21.5 Å². The Bertz CT molecular complexity index is 1180. The van der Waals surface area contributed by atoms with E-state index in [-0.39, 0.29) is 24.3 Å². The highest BCUT2D eigenvalue weighted by Crippen LogP contribution is 2.38. The number of thiophene rings is 1. The normalized spacial score (nSPS) is 16.3. The standard InChI is InChI=1S/C21H21N5O3S/c1-24-11-17(27)23-20-19(21(24)29)13-6-8-25(10-16(13)30-20)18(28)7-9-26-12-22-14-4-2-3-5-15(14)26/h2-5,12H,6-11H2,1H3,(H,23,27). The number of anilines is 1. The fourth-order valence-electron chi connectivity index (χ4n) is 4.14. The van der Waals surface area contributed by atoms with Gasteiger partial charge in [-0.3, -0.25) is 14.4 Å². The van der Waals surface area contributed by atoms with Gasteiger partial charge in [0.25, 0.3) is 5.91 Å². The van der Waals surface area contributed by atoms with Crippen molar-refractivity contribution in [3.05, 3.63) is 46.6 Å². The molecule has 2 aliphatic heterocycles. The second kappa shape index (κ2) is 7.24. The molecule has 1 N–H and O–H groups in total. The van der Waals surface area contributed by atoms with Gasteiger partial charge in [-0.15, -0.1) is 11.3 Å². The molecule has 1 aromatic carbocycles. The number of aromatic nitrogens is 2. The molecule has 2 aromatic heterocycles. The van der Waals surface area contributed by atoms with Crippen molar-refractivity contribution in [1.82, 2.24) is 19.4 Å². The van der Waals surface area contributed by atoms with E-state index in [1.165, 1.54) is 16.2 Å². The van der Waals surface area contributed by atoms with Crippen molar-refractivity contribution >= 4 is 45.1 Å². The monoisotopic (exact) mass is 423 g/mol. The first kappa shape index (κ1) is 18.8. The lowest BCUT2D eigenvalue weighted by molar-refractivity contribution is -0.132. The summed E-state index contributed by atoms with van der Waals surface area (Å²) in [5.41, 5.74) is 3.51. The van der Waals surface area contributed by atoms with E-state index in [1.807, 2.05) is 33.7 Å². The van der Waals surface area contributed by atoms with Crippen LogP contribution >= 0.6 is 11.3 Å². The number of amides is 3. The Morgan fingerprint density at radius 1 is 1.23 bits per heavy atom. The fraction of sp³-hybridized carbons (Fsp3) is 0.333. The van der Waals surface area contributed by atoms with Gasteiger partial charge in [-0.1, -0.05) is 12.1 Å². The number of aryl methyl sites for hydroxylation is 1. The molecule has 0 spiro atoms. The van der Waals surface area contributed by atoms with Crippen LogP contribution in [-0.2, 0) is 29.1 Å². The quantitative estimate of drug-likeness (QED) is 0.699. The first-order valence-corrected chi connectivity index (χ1v) is 10.7. The summed E-state index contributed by atoms with van der Waals surface area (Å²) in [4.78, 5) is 46.2. The number of hydrogen-bond donors (Lipinski definition) is 1.